The molecule has 2 N–H and O–H groups in total. The molecule has 0 heterocycles. The number of hydrogen-bond donors (Lipinski definition) is 2. The highest BCUT2D eigenvalue weighted by molar-refractivity contribution is 7.98. The van der Waals surface area contributed by atoms with Crippen LogP contribution in [0.2, 0.25) is 0 Å². The SMILES string of the molecule is CSc1ccc(N=C(NC(=O)OC(C)(C)C)NC(=O)OC(C)(C)C)cc1. The monoisotopic (exact) mass is 381 g/mol. The Morgan fingerprint density at radius 1 is 0.885 bits per heavy atom. The first-order valence-corrected chi connectivity index (χ1v) is 9.33. The smallest absolute Gasteiger partial charge is 0.414 e. The van der Waals surface area contributed by atoms with E-state index in [1.807, 2.05) is 18.4 Å². The van der Waals surface area contributed by atoms with E-state index >= 15 is 0 Å². The molecule has 0 fully saturated rings. The summed E-state index contributed by atoms with van der Waals surface area (Å²) in [5.41, 5.74) is -0.799. The van der Waals surface area contributed by atoms with Crippen LogP contribution in [0, 0.1) is 0 Å². The number of rotatable bonds is 2. The van der Waals surface area contributed by atoms with Crippen molar-refractivity contribution in [3.63, 3.8) is 0 Å². The molecule has 0 bridgehead atoms. The maximum Gasteiger partial charge on any atom is 0.414 e. The molecule has 0 saturated heterocycles. The topological polar surface area (TPSA) is 89.0 Å². The molecule has 144 valence electrons. The van der Waals surface area contributed by atoms with Crippen LogP contribution >= 0.6 is 11.8 Å². The summed E-state index contributed by atoms with van der Waals surface area (Å²) in [6.45, 7) is 10.5. The maximum atomic E-state index is 12.0. The summed E-state index contributed by atoms with van der Waals surface area (Å²) in [6.07, 6.45) is 0.513. The second-order valence-electron chi connectivity index (χ2n) is 7.41. The number of alkyl carbamates (subject to hydrolysis) is 2. The van der Waals surface area contributed by atoms with Crippen LogP contribution in [0.3, 0.4) is 0 Å². The molecule has 0 spiro atoms. The minimum atomic E-state index is -0.729. The first kappa shape index (κ1) is 21.8. The van der Waals surface area contributed by atoms with E-state index in [-0.39, 0.29) is 5.96 Å². The Bertz CT molecular complexity index is 626. The molecule has 2 amide bonds. The van der Waals surface area contributed by atoms with Gasteiger partial charge < -0.3 is 9.47 Å². The third-order valence-corrected chi connectivity index (χ3v) is 3.30. The van der Waals surface area contributed by atoms with Crippen LogP contribution in [-0.4, -0.2) is 35.6 Å². The number of ether oxygens (including phenoxy) is 2. The fourth-order valence-electron chi connectivity index (χ4n) is 1.67. The molecule has 0 aromatic heterocycles. The molecule has 0 aliphatic heterocycles. The van der Waals surface area contributed by atoms with E-state index in [1.165, 1.54) is 0 Å². The lowest BCUT2D eigenvalue weighted by Gasteiger charge is -2.22. The Kier molecular flexibility index (Phi) is 7.50. The van der Waals surface area contributed by atoms with Gasteiger partial charge in [-0.3, -0.25) is 10.6 Å². The van der Waals surface area contributed by atoms with Gasteiger partial charge in [0.1, 0.15) is 11.2 Å². The number of nitrogens with one attached hydrogen (secondary N) is 2. The largest absolute Gasteiger partial charge is 0.444 e. The molecule has 0 aliphatic carbocycles. The van der Waals surface area contributed by atoms with Crippen molar-refractivity contribution in [2.24, 2.45) is 4.99 Å². The van der Waals surface area contributed by atoms with Crippen LogP contribution in [0.4, 0.5) is 15.3 Å². The Balaban J connectivity index is 2.97. The molecular weight excluding hydrogens is 354 g/mol. The van der Waals surface area contributed by atoms with Crippen molar-refractivity contribution in [2.45, 2.75) is 57.6 Å². The average Bonchev–Trinajstić information content (AvgIpc) is 2.43. The van der Waals surface area contributed by atoms with E-state index in [0.29, 0.717) is 5.69 Å². The summed E-state index contributed by atoms with van der Waals surface area (Å²) >= 11 is 1.60. The lowest BCUT2D eigenvalue weighted by atomic mass is 10.2. The van der Waals surface area contributed by atoms with Crippen molar-refractivity contribution in [3.05, 3.63) is 24.3 Å². The first-order chi connectivity index (χ1) is 11.9. The summed E-state index contributed by atoms with van der Waals surface area (Å²) in [6, 6.07) is 7.34. The predicted molar refractivity (Wildman–Crippen MR) is 104 cm³/mol. The van der Waals surface area contributed by atoms with Crippen molar-refractivity contribution in [2.75, 3.05) is 6.26 Å². The van der Waals surface area contributed by atoms with Gasteiger partial charge in [0.15, 0.2) is 0 Å². The van der Waals surface area contributed by atoms with Crippen molar-refractivity contribution in [1.29, 1.82) is 0 Å². The molecule has 1 aromatic rings. The molecule has 26 heavy (non-hydrogen) atoms. The van der Waals surface area contributed by atoms with E-state index in [1.54, 1.807) is 65.4 Å². The summed E-state index contributed by atoms with van der Waals surface area (Å²) in [4.78, 5) is 29.4. The lowest BCUT2D eigenvalue weighted by Crippen LogP contribution is -2.47. The second kappa shape index (κ2) is 8.93. The Hall–Kier alpha value is -2.22. The zero-order valence-corrected chi connectivity index (χ0v) is 17.1. The van der Waals surface area contributed by atoms with Crippen LogP contribution in [0.1, 0.15) is 41.5 Å². The van der Waals surface area contributed by atoms with Gasteiger partial charge >= 0.3 is 12.2 Å². The number of amides is 2. The van der Waals surface area contributed by atoms with E-state index in [2.05, 4.69) is 15.6 Å². The molecule has 0 saturated carbocycles. The van der Waals surface area contributed by atoms with Gasteiger partial charge in [0.25, 0.3) is 0 Å². The van der Waals surface area contributed by atoms with E-state index in [0.717, 1.165) is 4.90 Å². The molecule has 8 heteroatoms. The summed E-state index contributed by atoms with van der Waals surface area (Å²) in [7, 11) is 0. The van der Waals surface area contributed by atoms with Gasteiger partial charge in [-0.1, -0.05) is 0 Å². The van der Waals surface area contributed by atoms with Crippen LogP contribution in [-0.2, 0) is 9.47 Å². The standard InChI is InChI=1S/C18H27N3O4S/c1-17(2,3)24-15(22)20-14(21-16(23)25-18(4,5)6)19-12-8-10-13(26-7)11-9-12/h8-11H,1-7H3,(H2,19,20,21,22,23). The zero-order valence-electron chi connectivity index (χ0n) is 16.3. The van der Waals surface area contributed by atoms with Crippen molar-refractivity contribution in [3.8, 4) is 0 Å². The molecule has 0 aliphatic rings. The number of benzene rings is 1. The lowest BCUT2D eigenvalue weighted by molar-refractivity contribution is 0.0545. The highest BCUT2D eigenvalue weighted by Crippen LogP contribution is 2.19. The fraction of sp³-hybridized carbons (Fsp3) is 0.500. The third kappa shape index (κ3) is 9.31. The van der Waals surface area contributed by atoms with Gasteiger partial charge in [-0.05, 0) is 72.1 Å². The highest BCUT2D eigenvalue weighted by Gasteiger charge is 2.21. The quantitative estimate of drug-likeness (QED) is 0.449. The van der Waals surface area contributed by atoms with Crippen LogP contribution in [0.25, 0.3) is 0 Å². The van der Waals surface area contributed by atoms with E-state index in [9.17, 15) is 9.59 Å². The van der Waals surface area contributed by atoms with Crippen molar-refractivity contribution < 1.29 is 19.1 Å². The molecule has 1 rings (SSSR count). The summed E-state index contributed by atoms with van der Waals surface area (Å²) in [5, 5.41) is 4.88. The van der Waals surface area contributed by atoms with Gasteiger partial charge in [-0.2, -0.15) is 0 Å². The first-order valence-electron chi connectivity index (χ1n) is 8.11. The Labute approximate surface area is 158 Å². The normalized spacial score (nSPS) is 11.3. The van der Waals surface area contributed by atoms with E-state index in [4.69, 9.17) is 9.47 Å². The number of guanidine groups is 1. The number of carbonyl (C=O) groups is 2. The molecule has 7 nitrogen and oxygen atoms in total. The van der Waals surface area contributed by atoms with Gasteiger partial charge in [0, 0.05) is 4.90 Å². The Morgan fingerprint density at radius 2 is 1.31 bits per heavy atom. The number of thioether (sulfide) groups is 1. The van der Waals surface area contributed by atoms with Gasteiger partial charge in [0.2, 0.25) is 5.96 Å². The average molecular weight is 381 g/mol. The zero-order chi connectivity index (χ0) is 20.0. The third-order valence-electron chi connectivity index (χ3n) is 2.55. The van der Waals surface area contributed by atoms with Crippen LogP contribution in [0.15, 0.2) is 34.2 Å². The van der Waals surface area contributed by atoms with Gasteiger partial charge in [-0.15, -0.1) is 11.8 Å². The van der Waals surface area contributed by atoms with Crippen molar-refractivity contribution in [1.82, 2.24) is 10.6 Å². The number of aliphatic imine (C=N–C) groups is 1. The van der Waals surface area contributed by atoms with Crippen molar-refractivity contribution >= 4 is 35.6 Å². The number of carbonyl (C=O) groups excluding carboxylic acids is 2. The summed E-state index contributed by atoms with van der Waals surface area (Å²) in [5.74, 6) is -0.0783. The minimum Gasteiger partial charge on any atom is -0.444 e. The number of nitrogens with zero attached hydrogens (tertiary/aromatic N) is 1. The highest BCUT2D eigenvalue weighted by atomic mass is 32.2. The van der Waals surface area contributed by atoms with Crippen LogP contribution < -0.4 is 10.6 Å². The predicted octanol–water partition coefficient (Wildman–Crippen LogP) is 4.45. The van der Waals surface area contributed by atoms with E-state index < -0.39 is 23.4 Å². The van der Waals surface area contributed by atoms with Crippen LogP contribution in [0.5, 0.6) is 0 Å². The fourth-order valence-corrected chi connectivity index (χ4v) is 2.08. The molecule has 1 aromatic carbocycles. The molecule has 0 atom stereocenters. The van der Waals surface area contributed by atoms with Gasteiger partial charge in [0.05, 0.1) is 5.69 Å². The minimum absolute atomic E-state index is 0.0783. The Morgan fingerprint density at radius 3 is 1.65 bits per heavy atom. The summed E-state index contributed by atoms with van der Waals surface area (Å²) < 4.78 is 10.4. The maximum absolute atomic E-state index is 12.0. The second-order valence-corrected chi connectivity index (χ2v) is 8.29. The molecule has 0 unspecified atom stereocenters. The molecule has 0 radical (unpaired) electrons. The number of hydrogen-bond acceptors (Lipinski definition) is 6. The molecular formula is C18H27N3O4S. The van der Waals surface area contributed by atoms with Gasteiger partial charge in [-0.25, -0.2) is 14.6 Å².